The van der Waals surface area contributed by atoms with Gasteiger partial charge in [-0.2, -0.15) is 0 Å². The van der Waals surface area contributed by atoms with Gasteiger partial charge in [-0.1, -0.05) is 31.0 Å². The summed E-state index contributed by atoms with van der Waals surface area (Å²) in [7, 11) is -1.33. The highest BCUT2D eigenvalue weighted by atomic mass is 16.4. The molecule has 1 aliphatic heterocycles. The van der Waals surface area contributed by atoms with E-state index >= 15 is 0 Å². The average molecular weight is 245 g/mol. The SMILES string of the molecule is O=C1Nc2ccccc2C12CCCC(B(O)O)C2. The number of rotatable bonds is 1. The van der Waals surface area contributed by atoms with Crippen molar-refractivity contribution in [2.45, 2.75) is 36.9 Å². The van der Waals surface area contributed by atoms with Crippen LogP contribution in [0.3, 0.4) is 0 Å². The van der Waals surface area contributed by atoms with Gasteiger partial charge in [-0.25, -0.2) is 0 Å². The van der Waals surface area contributed by atoms with Crippen LogP contribution < -0.4 is 5.32 Å². The molecule has 3 rings (SSSR count). The van der Waals surface area contributed by atoms with Crippen LogP contribution in [0, 0.1) is 0 Å². The predicted molar refractivity (Wildman–Crippen MR) is 69.2 cm³/mol. The number of hydrogen-bond acceptors (Lipinski definition) is 3. The highest BCUT2D eigenvalue weighted by Crippen LogP contribution is 2.50. The van der Waals surface area contributed by atoms with E-state index in [0.29, 0.717) is 6.42 Å². The van der Waals surface area contributed by atoms with Gasteiger partial charge in [-0.3, -0.25) is 4.79 Å². The Hall–Kier alpha value is -1.33. The number of nitrogens with one attached hydrogen (secondary N) is 1. The molecule has 1 fully saturated rings. The lowest BCUT2D eigenvalue weighted by Gasteiger charge is -2.36. The van der Waals surface area contributed by atoms with Crippen molar-refractivity contribution in [3.05, 3.63) is 29.8 Å². The maximum absolute atomic E-state index is 12.3. The van der Waals surface area contributed by atoms with Gasteiger partial charge in [0.2, 0.25) is 5.91 Å². The fourth-order valence-electron chi connectivity index (χ4n) is 3.40. The molecule has 1 spiro atoms. The fourth-order valence-corrected chi connectivity index (χ4v) is 3.40. The fraction of sp³-hybridized carbons (Fsp3) is 0.462. The van der Waals surface area contributed by atoms with Crippen LogP contribution in [0.2, 0.25) is 5.82 Å². The summed E-state index contributed by atoms with van der Waals surface area (Å²) in [4.78, 5) is 12.3. The zero-order chi connectivity index (χ0) is 12.8. The number of hydrogen-bond donors (Lipinski definition) is 3. The van der Waals surface area contributed by atoms with Gasteiger partial charge in [0.05, 0.1) is 5.41 Å². The summed E-state index contributed by atoms with van der Waals surface area (Å²) in [6.07, 6.45) is 2.94. The molecule has 0 saturated heterocycles. The normalized spacial score (nSPS) is 30.1. The minimum absolute atomic E-state index is 0.00838. The molecule has 4 nitrogen and oxygen atoms in total. The van der Waals surface area contributed by atoms with E-state index in [1.165, 1.54) is 0 Å². The van der Waals surface area contributed by atoms with Crippen molar-refractivity contribution in [3.63, 3.8) is 0 Å². The topological polar surface area (TPSA) is 69.6 Å². The second-order valence-electron chi connectivity index (χ2n) is 5.35. The number of carbonyl (C=O) groups is 1. The largest absolute Gasteiger partial charge is 0.454 e. The molecule has 0 radical (unpaired) electrons. The van der Waals surface area contributed by atoms with Crippen LogP contribution >= 0.6 is 0 Å². The predicted octanol–water partition coefficient (Wildman–Crippen LogP) is 1.29. The molecule has 2 aliphatic rings. The van der Waals surface area contributed by atoms with Crippen molar-refractivity contribution in [3.8, 4) is 0 Å². The van der Waals surface area contributed by atoms with Gasteiger partial charge < -0.3 is 15.4 Å². The number of para-hydroxylation sites is 1. The Kier molecular flexibility index (Phi) is 2.68. The molecule has 1 saturated carbocycles. The third-order valence-corrected chi connectivity index (χ3v) is 4.34. The molecule has 1 amide bonds. The summed E-state index contributed by atoms with van der Waals surface area (Å²) in [6.45, 7) is 0. The zero-order valence-electron chi connectivity index (χ0n) is 10.1. The third kappa shape index (κ3) is 1.58. The highest BCUT2D eigenvalue weighted by molar-refractivity contribution is 6.43. The minimum Gasteiger partial charge on any atom is -0.427 e. The molecule has 0 bridgehead atoms. The van der Waals surface area contributed by atoms with Crippen LogP contribution in [0.25, 0.3) is 0 Å². The van der Waals surface area contributed by atoms with Crippen LogP contribution in [0.4, 0.5) is 5.69 Å². The molecule has 5 heteroatoms. The van der Waals surface area contributed by atoms with Crippen molar-refractivity contribution in [1.29, 1.82) is 0 Å². The monoisotopic (exact) mass is 245 g/mol. The molecule has 2 unspecified atom stereocenters. The van der Waals surface area contributed by atoms with E-state index < -0.39 is 12.5 Å². The Bertz CT molecular complexity index is 491. The van der Waals surface area contributed by atoms with Crippen LogP contribution in [0.1, 0.15) is 31.2 Å². The summed E-state index contributed by atoms with van der Waals surface area (Å²) in [5, 5.41) is 21.7. The first-order valence-corrected chi connectivity index (χ1v) is 6.40. The molecule has 1 aromatic rings. The first kappa shape index (κ1) is 11.7. The minimum atomic E-state index is -1.33. The third-order valence-electron chi connectivity index (χ3n) is 4.34. The van der Waals surface area contributed by atoms with Gasteiger partial charge >= 0.3 is 7.12 Å². The van der Waals surface area contributed by atoms with E-state index in [1.807, 2.05) is 24.3 Å². The van der Waals surface area contributed by atoms with Crippen LogP contribution in [-0.2, 0) is 10.2 Å². The van der Waals surface area contributed by atoms with Gasteiger partial charge in [0.1, 0.15) is 0 Å². The lowest BCUT2D eigenvalue weighted by Crippen LogP contribution is -2.41. The number of fused-ring (bicyclic) bond motifs is 2. The van der Waals surface area contributed by atoms with Crippen molar-refractivity contribution in [2.75, 3.05) is 5.32 Å². The molecule has 2 atom stereocenters. The smallest absolute Gasteiger partial charge is 0.427 e. The van der Waals surface area contributed by atoms with E-state index in [9.17, 15) is 14.8 Å². The lowest BCUT2D eigenvalue weighted by atomic mass is 9.56. The second-order valence-corrected chi connectivity index (χ2v) is 5.35. The summed E-state index contributed by atoms with van der Waals surface area (Å²) >= 11 is 0. The molecule has 0 aromatic heterocycles. The van der Waals surface area contributed by atoms with Crippen LogP contribution in [0.5, 0.6) is 0 Å². The number of carbonyl (C=O) groups excluding carboxylic acids is 1. The standard InChI is InChI=1S/C13H16BNO3/c16-12-13(7-3-4-9(8-13)14(17)18)10-5-1-2-6-11(10)15-12/h1-2,5-6,9,17-18H,3-4,7-8H2,(H,15,16). The molecule has 1 heterocycles. The number of benzene rings is 1. The van der Waals surface area contributed by atoms with E-state index in [1.54, 1.807) is 0 Å². The Morgan fingerprint density at radius 1 is 1.33 bits per heavy atom. The summed E-state index contributed by atoms with van der Waals surface area (Å²) in [5.41, 5.74) is 1.33. The van der Waals surface area contributed by atoms with E-state index in [4.69, 9.17) is 0 Å². The van der Waals surface area contributed by atoms with E-state index in [0.717, 1.165) is 30.5 Å². The highest BCUT2D eigenvalue weighted by Gasteiger charge is 2.50. The van der Waals surface area contributed by atoms with Gasteiger partial charge in [-0.15, -0.1) is 0 Å². The zero-order valence-corrected chi connectivity index (χ0v) is 10.1. The van der Waals surface area contributed by atoms with Gasteiger partial charge in [0.15, 0.2) is 0 Å². The Labute approximate surface area is 106 Å². The van der Waals surface area contributed by atoms with Gasteiger partial charge in [0.25, 0.3) is 0 Å². The van der Waals surface area contributed by atoms with E-state index in [-0.39, 0.29) is 11.7 Å². The molecule has 3 N–H and O–H groups in total. The lowest BCUT2D eigenvalue weighted by molar-refractivity contribution is -0.122. The average Bonchev–Trinajstić information content (AvgIpc) is 2.63. The first-order valence-electron chi connectivity index (χ1n) is 6.40. The van der Waals surface area contributed by atoms with Crippen LogP contribution in [0.15, 0.2) is 24.3 Å². The summed E-state index contributed by atoms with van der Waals surface area (Å²) in [5.74, 6) is -0.204. The van der Waals surface area contributed by atoms with Crippen molar-refractivity contribution in [1.82, 2.24) is 0 Å². The Morgan fingerprint density at radius 2 is 2.11 bits per heavy atom. The van der Waals surface area contributed by atoms with E-state index in [2.05, 4.69) is 5.32 Å². The Balaban J connectivity index is 2.01. The second kappa shape index (κ2) is 4.11. The van der Waals surface area contributed by atoms with Gasteiger partial charge in [0, 0.05) is 5.69 Å². The molecular weight excluding hydrogens is 229 g/mol. The number of anilines is 1. The summed E-state index contributed by atoms with van der Waals surface area (Å²) < 4.78 is 0. The Morgan fingerprint density at radius 3 is 2.89 bits per heavy atom. The first-order chi connectivity index (χ1) is 8.63. The summed E-state index contributed by atoms with van der Waals surface area (Å²) in [6, 6.07) is 7.71. The molecule has 1 aromatic carbocycles. The van der Waals surface area contributed by atoms with Crippen molar-refractivity contribution < 1.29 is 14.8 Å². The number of amides is 1. The maximum Gasteiger partial charge on any atom is 0.454 e. The molecular formula is C13H16BNO3. The quantitative estimate of drug-likeness (QED) is 0.653. The maximum atomic E-state index is 12.3. The molecule has 18 heavy (non-hydrogen) atoms. The van der Waals surface area contributed by atoms with Crippen molar-refractivity contribution >= 4 is 18.7 Å². The molecule has 1 aliphatic carbocycles. The van der Waals surface area contributed by atoms with Crippen LogP contribution in [-0.4, -0.2) is 23.1 Å². The van der Waals surface area contributed by atoms with Crippen molar-refractivity contribution in [2.24, 2.45) is 0 Å². The van der Waals surface area contributed by atoms with Gasteiger partial charge in [-0.05, 0) is 30.3 Å². The molecule has 94 valence electrons.